The zero-order chi connectivity index (χ0) is 40.4. The van der Waals surface area contributed by atoms with Gasteiger partial charge in [0.1, 0.15) is 45.5 Å². The van der Waals surface area contributed by atoms with Gasteiger partial charge in [-0.2, -0.15) is 20.4 Å². The second kappa shape index (κ2) is 18.3. The lowest BCUT2D eigenvalue weighted by Gasteiger charge is -2.21. The first-order valence-electron chi connectivity index (χ1n) is 15.7. The van der Waals surface area contributed by atoms with E-state index in [0.717, 1.165) is 33.6 Å². The standard InChI is InChI=1S/2C17H19F2N5O2S/c2*1-17(2,3)22-16(27)23-20-9-14-11(15(25)26-4)8-21-24(14)13-6-5-10(18)7-12(13)19/h2*5-9H,1-4H3,(H2,22,23,27)/b2*20-9+. The zero-order valence-electron chi connectivity index (χ0n) is 30.4. The maximum Gasteiger partial charge on any atom is 0.341 e. The summed E-state index contributed by atoms with van der Waals surface area (Å²) in [5.74, 6) is -4.51. The van der Waals surface area contributed by atoms with E-state index in [2.05, 4.69) is 41.9 Å². The number of nitrogens with zero attached hydrogens (tertiary/aromatic N) is 6. The van der Waals surface area contributed by atoms with E-state index in [9.17, 15) is 27.2 Å². The minimum atomic E-state index is -0.845. The summed E-state index contributed by atoms with van der Waals surface area (Å²) in [7, 11) is 2.42. The van der Waals surface area contributed by atoms with Crippen molar-refractivity contribution >= 4 is 59.0 Å². The summed E-state index contributed by atoms with van der Waals surface area (Å²) in [5.41, 5.74) is 4.96. The van der Waals surface area contributed by atoms with Gasteiger partial charge in [-0.05, 0) is 90.2 Å². The molecule has 0 saturated carbocycles. The fourth-order valence-corrected chi connectivity index (χ4v) is 4.95. The van der Waals surface area contributed by atoms with E-state index >= 15 is 0 Å². The fourth-order valence-electron chi connectivity index (χ4n) is 4.23. The topological polar surface area (TPSA) is 161 Å². The first-order chi connectivity index (χ1) is 25.2. The Balaban J connectivity index is 0.000000290. The molecule has 0 spiro atoms. The summed E-state index contributed by atoms with van der Waals surface area (Å²) in [6.07, 6.45) is 4.92. The van der Waals surface area contributed by atoms with Crippen LogP contribution in [0.4, 0.5) is 17.6 Å². The zero-order valence-corrected chi connectivity index (χ0v) is 32.1. The van der Waals surface area contributed by atoms with E-state index in [0.29, 0.717) is 0 Å². The van der Waals surface area contributed by atoms with Crippen LogP contribution >= 0.6 is 24.4 Å². The second-order valence-corrected chi connectivity index (χ2v) is 13.8. The van der Waals surface area contributed by atoms with Crippen LogP contribution in [-0.4, -0.2) is 79.5 Å². The Labute approximate surface area is 319 Å². The third-order valence-electron chi connectivity index (χ3n) is 6.38. The Kier molecular flexibility index (Phi) is 14.5. The molecule has 288 valence electrons. The van der Waals surface area contributed by atoms with Crippen molar-refractivity contribution in [3.63, 3.8) is 0 Å². The first-order valence-corrected chi connectivity index (χ1v) is 16.5. The van der Waals surface area contributed by atoms with Gasteiger partial charge in [0, 0.05) is 23.2 Å². The van der Waals surface area contributed by atoms with Crippen LogP contribution in [0, 0.1) is 23.3 Å². The van der Waals surface area contributed by atoms with Crippen molar-refractivity contribution in [1.82, 2.24) is 41.0 Å². The van der Waals surface area contributed by atoms with Crippen molar-refractivity contribution in [3.8, 4) is 11.4 Å². The van der Waals surface area contributed by atoms with Crippen molar-refractivity contribution in [2.45, 2.75) is 52.6 Å². The monoisotopic (exact) mass is 790 g/mol. The molecule has 0 amide bonds. The molecule has 4 aromatic rings. The minimum absolute atomic E-state index is 0.0524. The van der Waals surface area contributed by atoms with Gasteiger partial charge in [0.25, 0.3) is 0 Å². The number of carbonyl (C=O) groups is 2. The Hall–Kier alpha value is -5.76. The van der Waals surface area contributed by atoms with Gasteiger partial charge in [0.2, 0.25) is 0 Å². The van der Waals surface area contributed by atoms with E-state index in [1.54, 1.807) is 0 Å². The van der Waals surface area contributed by atoms with Crippen molar-refractivity contribution in [3.05, 3.63) is 94.6 Å². The number of halogens is 4. The third kappa shape index (κ3) is 12.2. The molecular formula is C34H38F4N10O4S2. The van der Waals surface area contributed by atoms with E-state index in [1.807, 2.05) is 41.5 Å². The number of esters is 2. The molecule has 2 heterocycles. The van der Waals surface area contributed by atoms with Gasteiger partial charge >= 0.3 is 11.9 Å². The Morgan fingerprint density at radius 2 is 1.04 bits per heavy atom. The number of rotatable bonds is 8. The number of aromatic nitrogens is 4. The highest BCUT2D eigenvalue weighted by Gasteiger charge is 2.22. The summed E-state index contributed by atoms with van der Waals surface area (Å²) >= 11 is 10.2. The van der Waals surface area contributed by atoms with E-state index in [4.69, 9.17) is 33.9 Å². The van der Waals surface area contributed by atoms with Gasteiger partial charge in [-0.15, -0.1) is 0 Å². The summed E-state index contributed by atoms with van der Waals surface area (Å²) in [6, 6.07) is 6.01. The van der Waals surface area contributed by atoms with Gasteiger partial charge in [-0.25, -0.2) is 36.5 Å². The molecule has 14 nitrogen and oxygen atoms in total. The van der Waals surface area contributed by atoms with Gasteiger partial charge in [0.05, 0.1) is 39.0 Å². The van der Waals surface area contributed by atoms with Crippen LogP contribution in [0.3, 0.4) is 0 Å². The van der Waals surface area contributed by atoms with Crippen LogP contribution in [-0.2, 0) is 9.47 Å². The molecule has 0 fully saturated rings. The molecule has 0 unspecified atom stereocenters. The second-order valence-electron chi connectivity index (χ2n) is 13.0. The summed E-state index contributed by atoms with van der Waals surface area (Å²) in [5, 5.41) is 22.4. The molecule has 20 heteroatoms. The molecule has 0 bridgehead atoms. The predicted octanol–water partition coefficient (Wildman–Crippen LogP) is 5.07. The highest BCUT2D eigenvalue weighted by molar-refractivity contribution is 7.80. The smallest absolute Gasteiger partial charge is 0.341 e. The number of thiocarbonyl (C=S) groups is 2. The SMILES string of the molecule is COC(=O)c1cnn(-c2ccc(F)cc2F)c1/C=N/NC(=S)NC(C)(C)C.COC(=O)c1cnn(-c2ccc(F)cc2F)c1/C=N/NC(=S)NC(C)(C)C. The fraction of sp³-hybridized carbons (Fsp3) is 0.294. The predicted molar refractivity (Wildman–Crippen MR) is 202 cm³/mol. The Bertz CT molecular complexity index is 1930. The third-order valence-corrected chi connectivity index (χ3v) is 6.77. The van der Waals surface area contributed by atoms with Crippen LogP contribution in [0.2, 0.25) is 0 Å². The number of hydrogen-bond acceptors (Lipinski definition) is 10. The summed E-state index contributed by atoms with van der Waals surface area (Å²) < 4.78 is 66.3. The van der Waals surface area contributed by atoms with Crippen molar-refractivity contribution in [2.75, 3.05) is 14.2 Å². The van der Waals surface area contributed by atoms with Crippen LogP contribution in [0.1, 0.15) is 73.6 Å². The molecule has 0 aliphatic heterocycles. The van der Waals surface area contributed by atoms with Crippen LogP contribution in [0.25, 0.3) is 11.4 Å². The largest absolute Gasteiger partial charge is 0.465 e. The lowest BCUT2D eigenvalue weighted by atomic mass is 10.1. The Morgan fingerprint density at radius 1 is 0.685 bits per heavy atom. The summed E-state index contributed by atoms with van der Waals surface area (Å²) in [4.78, 5) is 23.9. The Morgan fingerprint density at radius 3 is 1.33 bits per heavy atom. The number of methoxy groups -OCH3 is 2. The number of nitrogens with one attached hydrogen (secondary N) is 4. The minimum Gasteiger partial charge on any atom is -0.465 e. The maximum atomic E-state index is 14.1. The number of hydrazone groups is 2. The number of ether oxygens (including phenoxy) is 2. The van der Waals surface area contributed by atoms with Crippen molar-refractivity contribution in [2.24, 2.45) is 10.2 Å². The molecule has 0 radical (unpaired) electrons. The first kappa shape index (κ1) is 42.7. The number of hydrogen-bond donors (Lipinski definition) is 4. The molecule has 2 aromatic heterocycles. The van der Waals surface area contributed by atoms with Crippen molar-refractivity contribution in [1.29, 1.82) is 0 Å². The number of benzene rings is 2. The van der Waals surface area contributed by atoms with E-state index in [1.165, 1.54) is 51.2 Å². The molecule has 2 aromatic carbocycles. The lowest BCUT2D eigenvalue weighted by molar-refractivity contribution is 0.0591. The van der Waals surface area contributed by atoms with Gasteiger partial charge < -0.3 is 20.1 Å². The maximum absolute atomic E-state index is 14.1. The highest BCUT2D eigenvalue weighted by Crippen LogP contribution is 2.20. The quantitative estimate of drug-likeness (QED) is 0.0618. The average Bonchev–Trinajstić information content (AvgIpc) is 3.67. The van der Waals surface area contributed by atoms with Crippen LogP contribution in [0.5, 0.6) is 0 Å². The molecule has 54 heavy (non-hydrogen) atoms. The normalized spacial score (nSPS) is 11.5. The van der Waals surface area contributed by atoms with Crippen LogP contribution < -0.4 is 21.5 Å². The van der Waals surface area contributed by atoms with E-state index < -0.39 is 35.2 Å². The highest BCUT2D eigenvalue weighted by atomic mass is 32.1. The van der Waals surface area contributed by atoms with Crippen LogP contribution in [0.15, 0.2) is 59.0 Å². The molecule has 0 saturated heterocycles. The molecule has 0 aliphatic rings. The molecular weight excluding hydrogens is 753 g/mol. The van der Waals surface area contributed by atoms with E-state index in [-0.39, 0.29) is 55.2 Å². The van der Waals surface area contributed by atoms with Gasteiger partial charge in [-0.3, -0.25) is 10.9 Å². The summed E-state index contributed by atoms with van der Waals surface area (Å²) in [6.45, 7) is 11.5. The van der Waals surface area contributed by atoms with Gasteiger partial charge in [0.15, 0.2) is 21.9 Å². The average molecular weight is 791 g/mol. The lowest BCUT2D eigenvalue weighted by Crippen LogP contribution is -2.44. The molecule has 4 N–H and O–H groups in total. The van der Waals surface area contributed by atoms with Gasteiger partial charge in [-0.1, -0.05) is 0 Å². The van der Waals surface area contributed by atoms with Crippen molar-refractivity contribution < 1.29 is 36.6 Å². The molecule has 4 rings (SSSR count). The number of carbonyl (C=O) groups excluding carboxylic acids is 2. The molecule has 0 aliphatic carbocycles. The molecule has 0 atom stereocenters.